The summed E-state index contributed by atoms with van der Waals surface area (Å²) >= 11 is 1.78. The van der Waals surface area contributed by atoms with Crippen molar-refractivity contribution >= 4 is 53.4 Å². The van der Waals surface area contributed by atoms with Gasteiger partial charge >= 0.3 is 0 Å². The smallest absolute Gasteiger partial charge is 0.165 e. The van der Waals surface area contributed by atoms with Crippen LogP contribution < -0.4 is 0 Å². The van der Waals surface area contributed by atoms with Gasteiger partial charge in [0.2, 0.25) is 0 Å². The molecular formula is C54H35N3OS. The van der Waals surface area contributed by atoms with E-state index in [1.165, 1.54) is 43.3 Å². The first-order chi connectivity index (χ1) is 29.0. The van der Waals surface area contributed by atoms with Crippen molar-refractivity contribution in [2.45, 2.75) is 19.3 Å². The molecule has 59 heavy (non-hydrogen) atoms. The van der Waals surface area contributed by atoms with E-state index in [1.807, 2.05) is 18.2 Å². The van der Waals surface area contributed by atoms with E-state index in [0.717, 1.165) is 60.0 Å². The summed E-state index contributed by atoms with van der Waals surface area (Å²) in [5.41, 5.74) is 14.3. The molecule has 5 heteroatoms. The fraction of sp³-hybridized carbons (Fsp3) is 0.0556. The Bertz CT molecular complexity index is 3490. The Labute approximate surface area is 345 Å². The van der Waals surface area contributed by atoms with Gasteiger partial charge in [0.25, 0.3) is 0 Å². The normalized spacial score (nSPS) is 13.1. The predicted octanol–water partition coefficient (Wildman–Crippen LogP) is 14.8. The number of thiophene rings is 1. The quantitative estimate of drug-likeness (QED) is 0.175. The lowest BCUT2D eigenvalue weighted by Crippen LogP contribution is -2.14. The molecule has 3 heterocycles. The third-order valence-corrected chi connectivity index (χ3v) is 13.4. The lowest BCUT2D eigenvalue weighted by Gasteiger charge is -2.21. The Hall–Kier alpha value is -7.21. The molecule has 278 valence electrons. The van der Waals surface area contributed by atoms with Gasteiger partial charge in [-0.05, 0) is 80.9 Å². The maximum atomic E-state index is 6.60. The second-order valence-corrected chi connectivity index (χ2v) is 17.0. The van der Waals surface area contributed by atoms with Crippen LogP contribution in [0.15, 0.2) is 180 Å². The molecule has 0 atom stereocenters. The standard InChI is InChI=1S/C54H35N3OS/c1-54(2)43-24-8-6-19-39(43)48-36(20-12-25-44(48)54)34-28-29-45-42(31-34)49-40(22-13-26-46(49)58-45)52-55-51(35-17-10-16-33(30-35)32-14-4-3-5-15-32)56-53(57-52)41-23-11-21-38-37-18-7-9-27-47(37)59-50(38)41/h3-31H,1-2H3. The zero-order chi connectivity index (χ0) is 39.2. The van der Waals surface area contributed by atoms with Crippen LogP contribution in [-0.2, 0) is 5.41 Å². The maximum absolute atomic E-state index is 6.60. The second-order valence-electron chi connectivity index (χ2n) is 15.9. The van der Waals surface area contributed by atoms with Gasteiger partial charge in [-0.3, -0.25) is 0 Å². The third kappa shape index (κ3) is 5.25. The molecule has 0 N–H and O–H groups in total. The summed E-state index contributed by atoms with van der Waals surface area (Å²) in [5, 5.41) is 4.45. The molecule has 11 aromatic rings. The Balaban J connectivity index is 1.09. The average Bonchev–Trinajstić information content (AvgIpc) is 3.94. The van der Waals surface area contributed by atoms with Gasteiger partial charge in [0.05, 0.1) is 0 Å². The highest BCUT2D eigenvalue weighted by atomic mass is 32.1. The first-order valence-electron chi connectivity index (χ1n) is 20.0. The van der Waals surface area contributed by atoms with Crippen LogP contribution >= 0.6 is 11.3 Å². The number of hydrogen-bond acceptors (Lipinski definition) is 5. The van der Waals surface area contributed by atoms with Gasteiger partial charge in [-0.25, -0.2) is 15.0 Å². The molecule has 8 aromatic carbocycles. The van der Waals surface area contributed by atoms with E-state index in [0.29, 0.717) is 17.5 Å². The van der Waals surface area contributed by atoms with E-state index in [9.17, 15) is 0 Å². The summed E-state index contributed by atoms with van der Waals surface area (Å²) in [7, 11) is 0. The van der Waals surface area contributed by atoms with Crippen molar-refractivity contribution in [2.24, 2.45) is 0 Å². The van der Waals surface area contributed by atoms with Crippen molar-refractivity contribution in [3.8, 4) is 67.5 Å². The van der Waals surface area contributed by atoms with Crippen molar-refractivity contribution in [1.29, 1.82) is 0 Å². The van der Waals surface area contributed by atoms with Crippen LogP contribution in [0.2, 0.25) is 0 Å². The molecule has 4 nitrogen and oxygen atoms in total. The van der Waals surface area contributed by atoms with Crippen LogP contribution in [0.5, 0.6) is 0 Å². The van der Waals surface area contributed by atoms with Crippen molar-refractivity contribution in [2.75, 3.05) is 0 Å². The van der Waals surface area contributed by atoms with Gasteiger partial charge < -0.3 is 4.42 Å². The number of furan rings is 1. The van der Waals surface area contributed by atoms with E-state index < -0.39 is 0 Å². The summed E-state index contributed by atoms with van der Waals surface area (Å²) in [6.07, 6.45) is 0. The van der Waals surface area contributed by atoms with E-state index in [-0.39, 0.29) is 5.41 Å². The minimum absolute atomic E-state index is 0.0869. The van der Waals surface area contributed by atoms with E-state index in [4.69, 9.17) is 19.4 Å². The number of hydrogen-bond donors (Lipinski definition) is 0. The molecule has 1 aliphatic rings. The molecule has 0 fully saturated rings. The number of nitrogens with zero attached hydrogens (tertiary/aromatic N) is 3. The molecule has 12 rings (SSSR count). The van der Waals surface area contributed by atoms with Crippen LogP contribution in [0.4, 0.5) is 0 Å². The van der Waals surface area contributed by atoms with Crippen LogP contribution in [0, 0.1) is 0 Å². The van der Waals surface area contributed by atoms with Crippen LogP contribution in [0.1, 0.15) is 25.0 Å². The van der Waals surface area contributed by atoms with Crippen molar-refractivity contribution in [3.05, 3.63) is 187 Å². The lowest BCUT2D eigenvalue weighted by molar-refractivity contribution is 0.660. The van der Waals surface area contributed by atoms with Crippen molar-refractivity contribution in [3.63, 3.8) is 0 Å². The molecule has 0 saturated carbocycles. The first kappa shape index (κ1) is 33.9. The van der Waals surface area contributed by atoms with Crippen molar-refractivity contribution < 1.29 is 4.42 Å². The highest BCUT2D eigenvalue weighted by Crippen LogP contribution is 2.52. The highest BCUT2D eigenvalue weighted by Gasteiger charge is 2.36. The largest absolute Gasteiger partial charge is 0.456 e. The highest BCUT2D eigenvalue weighted by molar-refractivity contribution is 7.26. The van der Waals surface area contributed by atoms with Gasteiger partial charge in [0.1, 0.15) is 11.2 Å². The molecule has 0 unspecified atom stereocenters. The van der Waals surface area contributed by atoms with Gasteiger partial charge in [-0.1, -0.05) is 153 Å². The Kier molecular flexibility index (Phi) is 7.41. The minimum Gasteiger partial charge on any atom is -0.456 e. The SMILES string of the molecule is CC1(C)c2ccccc2-c2c(-c3ccc4oc5cccc(-c6nc(-c7cccc(-c8ccccc8)c7)nc(-c7cccc8c7sc7ccccc78)n6)c5c4c3)cccc21. The Morgan fingerprint density at radius 2 is 1.07 bits per heavy atom. The van der Waals surface area contributed by atoms with Crippen molar-refractivity contribution in [1.82, 2.24) is 15.0 Å². The number of fused-ring (bicyclic) bond motifs is 9. The summed E-state index contributed by atoms with van der Waals surface area (Å²) < 4.78 is 9.00. The molecule has 0 bridgehead atoms. The van der Waals surface area contributed by atoms with E-state index in [2.05, 4.69) is 172 Å². The zero-order valence-electron chi connectivity index (χ0n) is 32.4. The van der Waals surface area contributed by atoms with Gasteiger partial charge in [-0.15, -0.1) is 11.3 Å². The number of benzene rings is 8. The zero-order valence-corrected chi connectivity index (χ0v) is 33.2. The molecule has 1 aliphatic carbocycles. The monoisotopic (exact) mass is 773 g/mol. The molecule has 0 radical (unpaired) electrons. The maximum Gasteiger partial charge on any atom is 0.165 e. The van der Waals surface area contributed by atoms with Gasteiger partial charge in [0, 0.05) is 53.1 Å². The summed E-state index contributed by atoms with van der Waals surface area (Å²) in [6, 6.07) is 62.3. The molecule has 0 saturated heterocycles. The van der Waals surface area contributed by atoms with E-state index in [1.54, 1.807) is 11.3 Å². The first-order valence-corrected chi connectivity index (χ1v) is 20.8. The van der Waals surface area contributed by atoms with Crippen LogP contribution in [-0.4, -0.2) is 15.0 Å². The fourth-order valence-corrected chi connectivity index (χ4v) is 10.5. The van der Waals surface area contributed by atoms with Crippen LogP contribution in [0.25, 0.3) is 110 Å². The second kappa shape index (κ2) is 12.9. The van der Waals surface area contributed by atoms with E-state index >= 15 is 0 Å². The topological polar surface area (TPSA) is 51.8 Å². The average molecular weight is 774 g/mol. The fourth-order valence-electron chi connectivity index (χ4n) is 9.31. The summed E-state index contributed by atoms with van der Waals surface area (Å²) in [5.74, 6) is 1.86. The molecule has 0 aliphatic heterocycles. The number of aromatic nitrogens is 3. The molecule has 3 aromatic heterocycles. The van der Waals surface area contributed by atoms with Crippen LogP contribution in [0.3, 0.4) is 0 Å². The predicted molar refractivity (Wildman–Crippen MR) is 245 cm³/mol. The Morgan fingerprint density at radius 1 is 0.424 bits per heavy atom. The molecular weight excluding hydrogens is 739 g/mol. The summed E-state index contributed by atoms with van der Waals surface area (Å²) in [4.78, 5) is 15.9. The van der Waals surface area contributed by atoms with Gasteiger partial charge in [0.15, 0.2) is 17.5 Å². The minimum atomic E-state index is -0.0869. The molecule has 0 amide bonds. The summed E-state index contributed by atoms with van der Waals surface area (Å²) in [6.45, 7) is 4.66. The molecule has 0 spiro atoms. The van der Waals surface area contributed by atoms with Gasteiger partial charge in [-0.2, -0.15) is 0 Å². The Morgan fingerprint density at radius 3 is 1.98 bits per heavy atom. The lowest BCUT2D eigenvalue weighted by atomic mass is 9.82. The third-order valence-electron chi connectivity index (χ3n) is 12.2. The number of rotatable bonds is 5.